The van der Waals surface area contributed by atoms with Gasteiger partial charge in [-0.15, -0.1) is 6.58 Å². The van der Waals surface area contributed by atoms with Crippen molar-refractivity contribution >= 4 is 0 Å². The Morgan fingerprint density at radius 3 is 2.68 bits per heavy atom. The molecule has 1 aromatic heterocycles. The second-order valence-corrected chi connectivity index (χ2v) is 4.45. The van der Waals surface area contributed by atoms with Gasteiger partial charge < -0.3 is 9.84 Å². The summed E-state index contributed by atoms with van der Waals surface area (Å²) in [4.78, 5) is 0. The van der Waals surface area contributed by atoms with E-state index in [0.29, 0.717) is 6.54 Å². The number of methoxy groups -OCH3 is 1. The highest BCUT2D eigenvalue weighted by Crippen LogP contribution is 2.26. The van der Waals surface area contributed by atoms with Crippen LogP contribution in [0.15, 0.2) is 43.1 Å². The lowest BCUT2D eigenvalue weighted by atomic mass is 10.1. The highest BCUT2D eigenvalue weighted by Gasteiger charge is 2.14. The highest BCUT2D eigenvalue weighted by molar-refractivity contribution is 5.31. The van der Waals surface area contributed by atoms with E-state index in [9.17, 15) is 5.11 Å². The van der Waals surface area contributed by atoms with E-state index >= 15 is 0 Å². The zero-order chi connectivity index (χ0) is 13.8. The van der Waals surface area contributed by atoms with Gasteiger partial charge in [-0.25, -0.2) is 0 Å². The van der Waals surface area contributed by atoms with Crippen molar-refractivity contribution in [1.82, 2.24) is 9.78 Å². The third-order valence-electron chi connectivity index (χ3n) is 3.14. The summed E-state index contributed by atoms with van der Waals surface area (Å²) in [6.07, 6.45) is 3.26. The number of aromatic hydroxyl groups is 1. The van der Waals surface area contributed by atoms with Gasteiger partial charge in [0.1, 0.15) is 5.75 Å². The zero-order valence-corrected chi connectivity index (χ0v) is 11.2. The third-order valence-corrected chi connectivity index (χ3v) is 3.14. The van der Waals surface area contributed by atoms with Gasteiger partial charge in [0.05, 0.1) is 25.5 Å². The normalized spacial score (nSPS) is 12.1. The minimum absolute atomic E-state index is 0.0562. The Morgan fingerprint density at radius 2 is 2.11 bits per heavy atom. The Bertz CT molecular complexity index is 558. The van der Waals surface area contributed by atoms with Crippen LogP contribution in [0.3, 0.4) is 0 Å². The number of aromatic nitrogens is 2. The van der Waals surface area contributed by atoms with Crippen molar-refractivity contribution < 1.29 is 9.84 Å². The number of allylic oxidation sites excluding steroid dienone is 1. The predicted octanol–water partition coefficient (Wildman–Crippen LogP) is 2.94. The van der Waals surface area contributed by atoms with E-state index in [-0.39, 0.29) is 11.7 Å². The maximum atomic E-state index is 9.84. The predicted molar refractivity (Wildman–Crippen MR) is 74.6 cm³/mol. The first-order valence-corrected chi connectivity index (χ1v) is 6.16. The molecule has 1 heterocycles. The van der Waals surface area contributed by atoms with Crippen LogP contribution in [-0.4, -0.2) is 22.0 Å². The van der Waals surface area contributed by atoms with Crippen molar-refractivity contribution in [2.24, 2.45) is 0 Å². The van der Waals surface area contributed by atoms with Gasteiger partial charge >= 0.3 is 0 Å². The molecule has 0 aliphatic rings. The minimum atomic E-state index is 0.0562. The lowest BCUT2D eigenvalue weighted by Gasteiger charge is -2.11. The highest BCUT2D eigenvalue weighted by atomic mass is 16.5. The molecule has 1 unspecified atom stereocenters. The summed E-state index contributed by atoms with van der Waals surface area (Å²) in [6, 6.07) is 7.80. The molecular formula is C15H18N2O2. The fraction of sp³-hybridized carbons (Fsp3) is 0.267. The summed E-state index contributed by atoms with van der Waals surface area (Å²) >= 11 is 0. The number of hydrogen-bond donors (Lipinski definition) is 1. The second-order valence-electron chi connectivity index (χ2n) is 4.45. The van der Waals surface area contributed by atoms with E-state index in [1.165, 1.54) is 6.20 Å². The van der Waals surface area contributed by atoms with Crippen molar-refractivity contribution in [3.8, 4) is 11.5 Å². The summed E-state index contributed by atoms with van der Waals surface area (Å²) < 4.78 is 6.92. The van der Waals surface area contributed by atoms with Crippen molar-refractivity contribution in [3.05, 3.63) is 54.4 Å². The Labute approximate surface area is 113 Å². The van der Waals surface area contributed by atoms with Gasteiger partial charge in [0.25, 0.3) is 0 Å². The standard InChI is InChI=1S/C15H18N2O2/c1-4-11(2)15-14(18)9-16-17(15)10-12-5-7-13(19-3)8-6-12/h4-9,11,18H,1,10H2,2-3H3. The Balaban J connectivity index is 2.25. The topological polar surface area (TPSA) is 47.3 Å². The number of hydrogen-bond acceptors (Lipinski definition) is 3. The molecule has 1 aromatic carbocycles. The van der Waals surface area contributed by atoms with E-state index in [1.807, 2.05) is 31.2 Å². The minimum Gasteiger partial charge on any atom is -0.504 e. The number of benzene rings is 1. The fourth-order valence-electron chi connectivity index (χ4n) is 1.99. The first-order valence-electron chi connectivity index (χ1n) is 6.16. The molecule has 1 atom stereocenters. The molecule has 0 amide bonds. The van der Waals surface area contributed by atoms with Crippen LogP contribution < -0.4 is 4.74 Å². The zero-order valence-electron chi connectivity index (χ0n) is 11.2. The van der Waals surface area contributed by atoms with E-state index in [1.54, 1.807) is 17.9 Å². The average molecular weight is 258 g/mol. The molecule has 0 aliphatic carbocycles. The number of rotatable bonds is 5. The van der Waals surface area contributed by atoms with Gasteiger partial charge in [-0.3, -0.25) is 4.68 Å². The van der Waals surface area contributed by atoms with Crippen LogP contribution in [0.25, 0.3) is 0 Å². The van der Waals surface area contributed by atoms with Gasteiger partial charge in [0, 0.05) is 5.92 Å². The van der Waals surface area contributed by atoms with Gasteiger partial charge in [-0.05, 0) is 17.7 Å². The molecule has 0 saturated heterocycles. The first-order chi connectivity index (χ1) is 9.15. The molecule has 0 fully saturated rings. The molecule has 2 rings (SSSR count). The van der Waals surface area contributed by atoms with Crippen LogP contribution in [0.5, 0.6) is 11.5 Å². The Hall–Kier alpha value is -2.23. The van der Waals surface area contributed by atoms with Crippen LogP contribution >= 0.6 is 0 Å². The average Bonchev–Trinajstić information content (AvgIpc) is 2.80. The maximum Gasteiger partial charge on any atom is 0.157 e. The summed E-state index contributed by atoms with van der Waals surface area (Å²) in [5.74, 6) is 1.09. The van der Waals surface area contributed by atoms with Gasteiger partial charge in [-0.1, -0.05) is 25.1 Å². The molecule has 0 spiro atoms. The number of nitrogens with zero attached hydrogens (tertiary/aromatic N) is 2. The van der Waals surface area contributed by atoms with Crippen LogP contribution in [-0.2, 0) is 6.54 Å². The molecule has 0 bridgehead atoms. The van der Waals surface area contributed by atoms with E-state index in [2.05, 4.69) is 11.7 Å². The second kappa shape index (κ2) is 5.61. The van der Waals surface area contributed by atoms with E-state index in [0.717, 1.165) is 17.0 Å². The lowest BCUT2D eigenvalue weighted by molar-refractivity contribution is 0.414. The number of ether oxygens (including phenoxy) is 1. The molecule has 100 valence electrons. The van der Waals surface area contributed by atoms with E-state index < -0.39 is 0 Å². The fourth-order valence-corrected chi connectivity index (χ4v) is 1.99. The first kappa shape index (κ1) is 13.2. The molecular weight excluding hydrogens is 240 g/mol. The SMILES string of the molecule is C=CC(C)c1c(O)cnn1Cc1ccc(OC)cc1. The molecule has 0 radical (unpaired) electrons. The third kappa shape index (κ3) is 2.78. The smallest absolute Gasteiger partial charge is 0.157 e. The van der Waals surface area contributed by atoms with Crippen molar-refractivity contribution in [2.75, 3.05) is 7.11 Å². The largest absolute Gasteiger partial charge is 0.504 e. The van der Waals surface area contributed by atoms with Crippen LogP contribution in [0, 0.1) is 0 Å². The molecule has 0 aliphatic heterocycles. The summed E-state index contributed by atoms with van der Waals surface area (Å²) in [5, 5.41) is 14.1. The summed E-state index contributed by atoms with van der Waals surface area (Å²) in [5.41, 5.74) is 1.88. The van der Waals surface area contributed by atoms with Gasteiger partial charge in [0.15, 0.2) is 5.75 Å². The molecule has 1 N–H and O–H groups in total. The summed E-state index contributed by atoms with van der Waals surface area (Å²) in [7, 11) is 1.64. The van der Waals surface area contributed by atoms with Gasteiger partial charge in [-0.2, -0.15) is 5.10 Å². The van der Waals surface area contributed by atoms with Crippen molar-refractivity contribution in [3.63, 3.8) is 0 Å². The Morgan fingerprint density at radius 1 is 1.42 bits per heavy atom. The van der Waals surface area contributed by atoms with Crippen molar-refractivity contribution in [2.45, 2.75) is 19.4 Å². The van der Waals surface area contributed by atoms with Crippen LogP contribution in [0.4, 0.5) is 0 Å². The van der Waals surface area contributed by atoms with Crippen LogP contribution in [0.2, 0.25) is 0 Å². The van der Waals surface area contributed by atoms with E-state index in [4.69, 9.17) is 4.74 Å². The summed E-state index contributed by atoms with van der Waals surface area (Å²) in [6.45, 7) is 6.35. The molecule has 4 nitrogen and oxygen atoms in total. The van der Waals surface area contributed by atoms with Gasteiger partial charge in [0.2, 0.25) is 0 Å². The molecule has 0 saturated carbocycles. The quantitative estimate of drug-likeness (QED) is 0.839. The molecule has 19 heavy (non-hydrogen) atoms. The Kier molecular flexibility index (Phi) is 3.90. The monoisotopic (exact) mass is 258 g/mol. The molecule has 4 heteroatoms. The van der Waals surface area contributed by atoms with Crippen molar-refractivity contribution in [1.29, 1.82) is 0 Å². The van der Waals surface area contributed by atoms with Crippen LogP contribution in [0.1, 0.15) is 24.1 Å². The molecule has 2 aromatic rings. The lowest BCUT2D eigenvalue weighted by Crippen LogP contribution is -2.08. The maximum absolute atomic E-state index is 9.84.